The lowest BCUT2D eigenvalue weighted by Gasteiger charge is -2.18. The molecule has 0 radical (unpaired) electrons. The first-order chi connectivity index (χ1) is 9.10. The van der Waals surface area contributed by atoms with Crippen LogP contribution in [0.3, 0.4) is 0 Å². The Morgan fingerprint density at radius 2 is 2.16 bits per heavy atom. The van der Waals surface area contributed by atoms with E-state index in [0.29, 0.717) is 19.0 Å². The second kappa shape index (κ2) is 6.37. The average molecular weight is 267 g/mol. The van der Waals surface area contributed by atoms with Gasteiger partial charge >= 0.3 is 0 Å². The summed E-state index contributed by atoms with van der Waals surface area (Å²) in [5.74, 6) is 0.212. The molecule has 1 aliphatic heterocycles. The van der Waals surface area contributed by atoms with E-state index in [9.17, 15) is 9.59 Å². The van der Waals surface area contributed by atoms with Gasteiger partial charge in [0, 0.05) is 31.6 Å². The summed E-state index contributed by atoms with van der Waals surface area (Å²) in [6.07, 6.45) is 4.61. The van der Waals surface area contributed by atoms with Crippen LogP contribution in [0.25, 0.3) is 0 Å². The Balaban J connectivity index is 1.68. The average Bonchev–Trinajstić information content (AvgIpc) is 3.13. The van der Waals surface area contributed by atoms with E-state index in [0.717, 1.165) is 19.4 Å². The van der Waals surface area contributed by atoms with Crippen molar-refractivity contribution in [2.75, 3.05) is 13.1 Å². The van der Waals surface area contributed by atoms with Gasteiger partial charge in [-0.3, -0.25) is 9.59 Å². The smallest absolute Gasteiger partial charge is 0.239 e. The largest absolute Gasteiger partial charge is 0.354 e. The van der Waals surface area contributed by atoms with Crippen molar-refractivity contribution in [3.63, 3.8) is 0 Å². The molecule has 2 rings (SSSR count). The fourth-order valence-corrected chi connectivity index (χ4v) is 2.34. The number of amides is 2. The zero-order valence-corrected chi connectivity index (χ0v) is 11.9. The van der Waals surface area contributed by atoms with Crippen molar-refractivity contribution in [1.82, 2.24) is 15.5 Å². The van der Waals surface area contributed by atoms with Gasteiger partial charge in [0.1, 0.15) is 0 Å². The third-order valence-corrected chi connectivity index (χ3v) is 3.94. The number of hydrogen-bond acceptors (Lipinski definition) is 3. The van der Waals surface area contributed by atoms with E-state index in [2.05, 4.69) is 10.6 Å². The molecular weight excluding hydrogens is 242 g/mol. The lowest BCUT2D eigenvalue weighted by atomic mass is 10.2. The molecule has 0 aromatic rings. The fourth-order valence-electron chi connectivity index (χ4n) is 2.34. The first kappa shape index (κ1) is 14.3. The number of nitrogens with one attached hydrogen (secondary N) is 2. The predicted molar refractivity (Wildman–Crippen MR) is 73.7 cm³/mol. The van der Waals surface area contributed by atoms with Gasteiger partial charge in [0.15, 0.2) is 0 Å². The third kappa shape index (κ3) is 4.20. The molecule has 2 N–H and O–H groups in total. The van der Waals surface area contributed by atoms with Gasteiger partial charge in [0.2, 0.25) is 11.8 Å². The summed E-state index contributed by atoms with van der Waals surface area (Å²) in [5.41, 5.74) is 0. The Morgan fingerprint density at radius 1 is 1.42 bits per heavy atom. The van der Waals surface area contributed by atoms with E-state index >= 15 is 0 Å². The molecule has 1 saturated carbocycles. The highest BCUT2D eigenvalue weighted by Gasteiger charge is 2.35. The minimum Gasteiger partial charge on any atom is -0.354 e. The summed E-state index contributed by atoms with van der Waals surface area (Å²) in [6, 6.07) is 0.763. The number of carbonyl (C=O) groups excluding carboxylic acids is 2. The Morgan fingerprint density at radius 3 is 2.79 bits per heavy atom. The van der Waals surface area contributed by atoms with Gasteiger partial charge in [-0.05, 0) is 32.6 Å². The highest BCUT2D eigenvalue weighted by molar-refractivity contribution is 5.85. The second-order valence-electron chi connectivity index (χ2n) is 5.73. The van der Waals surface area contributed by atoms with Crippen molar-refractivity contribution in [2.45, 2.75) is 64.1 Å². The van der Waals surface area contributed by atoms with Crippen molar-refractivity contribution >= 4 is 11.8 Å². The Hall–Kier alpha value is -1.10. The molecule has 2 aliphatic rings. The van der Waals surface area contributed by atoms with Gasteiger partial charge in [0.25, 0.3) is 0 Å². The summed E-state index contributed by atoms with van der Waals surface area (Å²) in [5, 5.41) is 6.30. The highest BCUT2D eigenvalue weighted by Crippen LogP contribution is 2.22. The van der Waals surface area contributed by atoms with E-state index in [1.54, 1.807) is 0 Å². The summed E-state index contributed by atoms with van der Waals surface area (Å²) in [4.78, 5) is 25.6. The molecule has 0 aromatic heterocycles. The molecule has 1 saturated heterocycles. The van der Waals surface area contributed by atoms with Gasteiger partial charge in [0.05, 0.1) is 6.04 Å². The van der Waals surface area contributed by atoms with Gasteiger partial charge in [-0.1, -0.05) is 6.92 Å². The molecule has 2 atom stereocenters. The van der Waals surface area contributed by atoms with Crippen molar-refractivity contribution in [3.8, 4) is 0 Å². The predicted octanol–water partition coefficient (Wildman–Crippen LogP) is 0.644. The molecule has 1 heterocycles. The zero-order valence-electron chi connectivity index (χ0n) is 11.9. The number of nitrogens with zero attached hydrogens (tertiary/aromatic N) is 1. The minimum absolute atomic E-state index is 0.00914. The van der Waals surface area contributed by atoms with Crippen molar-refractivity contribution in [1.29, 1.82) is 0 Å². The molecule has 0 spiro atoms. The van der Waals surface area contributed by atoms with Crippen LogP contribution in [0.1, 0.15) is 46.0 Å². The maximum Gasteiger partial charge on any atom is 0.239 e. The van der Waals surface area contributed by atoms with Gasteiger partial charge in [-0.25, -0.2) is 0 Å². The van der Waals surface area contributed by atoms with Crippen LogP contribution in [-0.2, 0) is 9.59 Å². The normalized spacial score (nSPS) is 24.6. The Kier molecular flexibility index (Phi) is 4.80. The number of likely N-dealkylation sites (tertiary alicyclic amines) is 1. The van der Waals surface area contributed by atoms with E-state index in [1.807, 2.05) is 18.7 Å². The SMILES string of the molecule is CCC(C)NC(=O)CCN1CCC(NC2CC2)C1=O. The van der Waals surface area contributed by atoms with Crippen molar-refractivity contribution in [3.05, 3.63) is 0 Å². The van der Waals surface area contributed by atoms with E-state index < -0.39 is 0 Å². The molecule has 108 valence electrons. The van der Waals surface area contributed by atoms with E-state index in [-0.39, 0.29) is 23.9 Å². The quantitative estimate of drug-likeness (QED) is 0.712. The molecule has 2 unspecified atom stereocenters. The second-order valence-corrected chi connectivity index (χ2v) is 5.73. The maximum atomic E-state index is 12.1. The molecule has 2 fully saturated rings. The van der Waals surface area contributed by atoms with Crippen molar-refractivity contribution < 1.29 is 9.59 Å². The topological polar surface area (TPSA) is 61.4 Å². The number of hydrogen-bond donors (Lipinski definition) is 2. The van der Waals surface area contributed by atoms with E-state index in [1.165, 1.54) is 12.8 Å². The summed E-state index contributed by atoms with van der Waals surface area (Å²) in [6.45, 7) is 5.36. The van der Waals surface area contributed by atoms with Crippen molar-refractivity contribution in [2.24, 2.45) is 0 Å². The van der Waals surface area contributed by atoms with Crippen LogP contribution in [0.5, 0.6) is 0 Å². The molecule has 0 bridgehead atoms. The number of rotatable bonds is 7. The van der Waals surface area contributed by atoms with Crippen LogP contribution < -0.4 is 10.6 Å². The highest BCUT2D eigenvalue weighted by atomic mass is 16.2. The molecular formula is C14H25N3O2. The van der Waals surface area contributed by atoms with Crippen LogP contribution in [0, 0.1) is 0 Å². The van der Waals surface area contributed by atoms with Crippen LogP contribution >= 0.6 is 0 Å². The fraction of sp³-hybridized carbons (Fsp3) is 0.857. The van der Waals surface area contributed by atoms with Gasteiger partial charge < -0.3 is 15.5 Å². The Bertz CT molecular complexity index is 342. The molecule has 5 heteroatoms. The first-order valence-electron chi connectivity index (χ1n) is 7.44. The summed E-state index contributed by atoms with van der Waals surface area (Å²) >= 11 is 0. The standard InChI is InChI=1S/C14H25N3O2/c1-3-10(2)15-13(18)7-9-17-8-6-12(14(17)19)16-11-4-5-11/h10-12,16H,3-9H2,1-2H3,(H,15,18). The van der Waals surface area contributed by atoms with Crippen LogP contribution in [-0.4, -0.2) is 47.9 Å². The third-order valence-electron chi connectivity index (χ3n) is 3.94. The number of carbonyl (C=O) groups is 2. The molecule has 1 aliphatic carbocycles. The van der Waals surface area contributed by atoms with Crippen LogP contribution in [0.2, 0.25) is 0 Å². The minimum atomic E-state index is -0.00914. The molecule has 19 heavy (non-hydrogen) atoms. The Labute approximate surface area is 115 Å². The zero-order chi connectivity index (χ0) is 13.8. The lowest BCUT2D eigenvalue weighted by molar-refractivity contribution is -0.130. The monoisotopic (exact) mass is 267 g/mol. The van der Waals surface area contributed by atoms with Gasteiger partial charge in [-0.15, -0.1) is 0 Å². The summed E-state index contributed by atoms with van der Waals surface area (Å²) < 4.78 is 0. The molecule has 5 nitrogen and oxygen atoms in total. The van der Waals surface area contributed by atoms with Crippen LogP contribution in [0.4, 0.5) is 0 Å². The molecule has 0 aromatic carbocycles. The first-order valence-corrected chi connectivity index (χ1v) is 7.44. The lowest BCUT2D eigenvalue weighted by Crippen LogP contribution is -2.41. The van der Waals surface area contributed by atoms with E-state index in [4.69, 9.17) is 0 Å². The molecule has 2 amide bonds. The maximum absolute atomic E-state index is 12.1. The summed E-state index contributed by atoms with van der Waals surface area (Å²) in [7, 11) is 0. The van der Waals surface area contributed by atoms with Crippen LogP contribution in [0.15, 0.2) is 0 Å². The van der Waals surface area contributed by atoms with Gasteiger partial charge in [-0.2, -0.15) is 0 Å².